The summed E-state index contributed by atoms with van der Waals surface area (Å²) in [4.78, 5) is 15.5. The van der Waals surface area contributed by atoms with E-state index in [2.05, 4.69) is 28.6 Å². The predicted octanol–water partition coefficient (Wildman–Crippen LogP) is 3.71. The van der Waals surface area contributed by atoms with Crippen molar-refractivity contribution in [3.63, 3.8) is 0 Å². The number of thioether (sulfide) groups is 1. The first-order valence-electron chi connectivity index (χ1n) is 7.45. The molecule has 1 heterocycles. The number of nitrogens with zero attached hydrogens (tertiary/aromatic N) is 2. The van der Waals surface area contributed by atoms with Crippen molar-refractivity contribution in [1.82, 2.24) is 9.55 Å². The molecule has 1 aliphatic rings. The van der Waals surface area contributed by atoms with Gasteiger partial charge < -0.3 is 9.67 Å². The SMILES string of the molecule is Cc1cccc2c1nc(SCC(=O)O)n2CCCC1CC1. The Morgan fingerprint density at radius 3 is 3.00 bits per heavy atom. The lowest BCUT2D eigenvalue weighted by Crippen LogP contribution is -2.04. The quantitative estimate of drug-likeness (QED) is 0.792. The average molecular weight is 304 g/mol. The summed E-state index contributed by atoms with van der Waals surface area (Å²) in [6.45, 7) is 2.98. The summed E-state index contributed by atoms with van der Waals surface area (Å²) in [6.07, 6.45) is 5.17. The van der Waals surface area contributed by atoms with Crippen molar-refractivity contribution in [3.8, 4) is 0 Å². The number of rotatable bonds is 7. The van der Waals surface area contributed by atoms with Gasteiger partial charge in [-0.25, -0.2) is 4.98 Å². The summed E-state index contributed by atoms with van der Waals surface area (Å²) >= 11 is 1.32. The molecule has 4 nitrogen and oxygen atoms in total. The van der Waals surface area contributed by atoms with E-state index in [1.807, 2.05) is 6.07 Å². The zero-order valence-corrected chi connectivity index (χ0v) is 13.0. The van der Waals surface area contributed by atoms with Crippen LogP contribution in [0.3, 0.4) is 0 Å². The van der Waals surface area contributed by atoms with Gasteiger partial charge >= 0.3 is 5.97 Å². The van der Waals surface area contributed by atoms with Crippen LogP contribution in [0.25, 0.3) is 11.0 Å². The molecule has 0 aliphatic heterocycles. The molecule has 0 unspecified atom stereocenters. The number of carbonyl (C=O) groups is 1. The summed E-state index contributed by atoms with van der Waals surface area (Å²) in [7, 11) is 0. The van der Waals surface area contributed by atoms with Crippen molar-refractivity contribution in [3.05, 3.63) is 23.8 Å². The third-order valence-electron chi connectivity index (χ3n) is 3.96. The van der Waals surface area contributed by atoms with Crippen LogP contribution < -0.4 is 0 Å². The van der Waals surface area contributed by atoms with Crippen LogP contribution in [-0.2, 0) is 11.3 Å². The van der Waals surface area contributed by atoms with Crippen LogP contribution in [0, 0.1) is 12.8 Å². The monoisotopic (exact) mass is 304 g/mol. The van der Waals surface area contributed by atoms with Gasteiger partial charge in [-0.15, -0.1) is 0 Å². The summed E-state index contributed by atoms with van der Waals surface area (Å²) in [5, 5.41) is 9.73. The molecular weight excluding hydrogens is 284 g/mol. The number of imidazole rings is 1. The number of para-hydroxylation sites is 1. The first-order valence-corrected chi connectivity index (χ1v) is 8.44. The molecule has 1 aromatic heterocycles. The standard InChI is InChI=1S/C16H20N2O2S/c1-11-4-2-6-13-15(11)17-16(21-10-14(19)20)18(13)9-3-5-12-7-8-12/h2,4,6,12H,3,5,7-10H2,1H3,(H,19,20). The van der Waals surface area contributed by atoms with Gasteiger partial charge in [-0.3, -0.25) is 4.79 Å². The molecule has 2 aromatic rings. The minimum absolute atomic E-state index is 0.0605. The summed E-state index contributed by atoms with van der Waals surface area (Å²) in [5.41, 5.74) is 3.26. The second-order valence-electron chi connectivity index (χ2n) is 5.76. The van der Waals surface area contributed by atoms with Gasteiger partial charge in [0.05, 0.1) is 16.8 Å². The Morgan fingerprint density at radius 1 is 1.48 bits per heavy atom. The molecule has 1 saturated carbocycles. The predicted molar refractivity (Wildman–Crippen MR) is 84.8 cm³/mol. The highest BCUT2D eigenvalue weighted by molar-refractivity contribution is 7.99. The van der Waals surface area contributed by atoms with Crippen molar-refractivity contribution in [2.45, 2.75) is 44.3 Å². The number of hydrogen-bond acceptors (Lipinski definition) is 3. The van der Waals surface area contributed by atoms with Crippen molar-refractivity contribution < 1.29 is 9.90 Å². The molecule has 0 saturated heterocycles. The van der Waals surface area contributed by atoms with E-state index >= 15 is 0 Å². The van der Waals surface area contributed by atoms with Gasteiger partial charge in [-0.1, -0.05) is 36.7 Å². The molecular formula is C16H20N2O2S. The highest BCUT2D eigenvalue weighted by Crippen LogP contribution is 2.34. The fourth-order valence-corrected chi connectivity index (χ4v) is 3.42. The molecule has 1 aromatic carbocycles. The van der Waals surface area contributed by atoms with E-state index in [-0.39, 0.29) is 5.75 Å². The maximum atomic E-state index is 10.8. The minimum atomic E-state index is -0.798. The minimum Gasteiger partial charge on any atom is -0.481 e. The summed E-state index contributed by atoms with van der Waals surface area (Å²) in [5.74, 6) is 0.190. The van der Waals surface area contributed by atoms with Crippen molar-refractivity contribution in [1.29, 1.82) is 0 Å². The van der Waals surface area contributed by atoms with Crippen LogP contribution in [0.15, 0.2) is 23.4 Å². The Kier molecular flexibility index (Phi) is 4.19. The second-order valence-corrected chi connectivity index (χ2v) is 6.70. The van der Waals surface area contributed by atoms with Crippen LogP contribution in [-0.4, -0.2) is 26.4 Å². The molecule has 0 bridgehead atoms. The molecule has 1 aliphatic carbocycles. The number of aliphatic carboxylic acids is 1. The fraction of sp³-hybridized carbons (Fsp3) is 0.500. The van der Waals surface area contributed by atoms with E-state index < -0.39 is 5.97 Å². The molecule has 21 heavy (non-hydrogen) atoms. The molecule has 3 rings (SSSR count). The zero-order chi connectivity index (χ0) is 14.8. The molecule has 0 atom stereocenters. The van der Waals surface area contributed by atoms with Gasteiger partial charge in [-0.05, 0) is 37.3 Å². The number of carboxylic acids is 1. The fourth-order valence-electron chi connectivity index (χ4n) is 2.66. The van der Waals surface area contributed by atoms with Gasteiger partial charge in [-0.2, -0.15) is 0 Å². The number of carboxylic acid groups (broad SMARTS) is 1. The number of hydrogen-bond donors (Lipinski definition) is 1. The molecule has 112 valence electrons. The molecule has 5 heteroatoms. The van der Waals surface area contributed by atoms with Gasteiger partial charge in [0.15, 0.2) is 5.16 Å². The molecule has 1 fully saturated rings. The lowest BCUT2D eigenvalue weighted by Gasteiger charge is -2.08. The summed E-state index contributed by atoms with van der Waals surface area (Å²) in [6, 6.07) is 6.18. The van der Waals surface area contributed by atoms with Gasteiger partial charge in [0.2, 0.25) is 0 Å². The van der Waals surface area contributed by atoms with Gasteiger partial charge in [0.25, 0.3) is 0 Å². The highest BCUT2D eigenvalue weighted by atomic mass is 32.2. The van der Waals surface area contributed by atoms with Crippen LogP contribution in [0.1, 0.15) is 31.2 Å². The Morgan fingerprint density at radius 2 is 2.29 bits per heavy atom. The normalized spacial score (nSPS) is 14.7. The highest BCUT2D eigenvalue weighted by Gasteiger charge is 2.21. The third-order valence-corrected chi connectivity index (χ3v) is 4.92. The number of fused-ring (bicyclic) bond motifs is 1. The van der Waals surface area contributed by atoms with Crippen molar-refractivity contribution >= 4 is 28.8 Å². The van der Waals surface area contributed by atoms with E-state index in [0.29, 0.717) is 0 Å². The largest absolute Gasteiger partial charge is 0.481 e. The van der Waals surface area contributed by atoms with Crippen molar-refractivity contribution in [2.24, 2.45) is 5.92 Å². The molecule has 0 spiro atoms. The smallest absolute Gasteiger partial charge is 0.313 e. The Labute approximate surface area is 128 Å². The zero-order valence-electron chi connectivity index (χ0n) is 12.2. The lowest BCUT2D eigenvalue weighted by molar-refractivity contribution is -0.133. The molecule has 0 radical (unpaired) electrons. The number of benzene rings is 1. The van der Waals surface area contributed by atoms with E-state index in [9.17, 15) is 4.79 Å². The number of aryl methyl sites for hydroxylation is 2. The van der Waals surface area contributed by atoms with E-state index in [4.69, 9.17) is 5.11 Å². The Balaban J connectivity index is 1.85. The van der Waals surface area contributed by atoms with Crippen LogP contribution in [0.4, 0.5) is 0 Å². The maximum Gasteiger partial charge on any atom is 0.313 e. The van der Waals surface area contributed by atoms with Crippen LogP contribution >= 0.6 is 11.8 Å². The maximum absolute atomic E-state index is 10.8. The first-order chi connectivity index (χ1) is 10.1. The summed E-state index contributed by atoms with van der Waals surface area (Å²) < 4.78 is 2.19. The third kappa shape index (κ3) is 3.40. The van der Waals surface area contributed by atoms with Crippen molar-refractivity contribution in [2.75, 3.05) is 5.75 Å². The number of aromatic nitrogens is 2. The van der Waals surface area contributed by atoms with Crippen LogP contribution in [0.5, 0.6) is 0 Å². The van der Waals surface area contributed by atoms with E-state index in [0.717, 1.165) is 40.6 Å². The van der Waals surface area contributed by atoms with Gasteiger partial charge in [0.1, 0.15) is 0 Å². The lowest BCUT2D eigenvalue weighted by atomic mass is 10.2. The van der Waals surface area contributed by atoms with E-state index in [1.54, 1.807) is 0 Å². The molecule has 0 amide bonds. The van der Waals surface area contributed by atoms with E-state index in [1.165, 1.54) is 31.0 Å². The first kappa shape index (κ1) is 14.4. The average Bonchev–Trinajstić information content (AvgIpc) is 3.19. The van der Waals surface area contributed by atoms with Crippen LogP contribution in [0.2, 0.25) is 0 Å². The topological polar surface area (TPSA) is 55.1 Å². The second kappa shape index (κ2) is 6.10. The Bertz CT molecular complexity index is 662. The van der Waals surface area contributed by atoms with Gasteiger partial charge in [0, 0.05) is 6.54 Å². The Hall–Kier alpha value is -1.49. The molecule has 1 N–H and O–H groups in total.